The Balaban J connectivity index is 2.15. The Hall–Kier alpha value is -1.04. The molecule has 19 heavy (non-hydrogen) atoms. The monoisotopic (exact) mass is 283 g/mol. The van der Waals surface area contributed by atoms with E-state index >= 15 is 0 Å². The highest BCUT2D eigenvalue weighted by Gasteiger charge is 2.13. The van der Waals surface area contributed by atoms with Crippen molar-refractivity contribution in [3.8, 4) is 0 Å². The Kier molecular flexibility index (Phi) is 8.29. The fourth-order valence-electron chi connectivity index (χ4n) is 1.60. The summed E-state index contributed by atoms with van der Waals surface area (Å²) in [6.07, 6.45) is 1.36. The van der Waals surface area contributed by atoms with Crippen LogP contribution < -0.4 is 5.32 Å². The minimum Gasteiger partial charge on any atom is -0.394 e. The van der Waals surface area contributed by atoms with Gasteiger partial charge < -0.3 is 15.2 Å². The van der Waals surface area contributed by atoms with Crippen LogP contribution in [0.2, 0.25) is 0 Å². The number of hydrogen-bond acceptors (Lipinski definition) is 4. The zero-order valence-electron chi connectivity index (χ0n) is 10.9. The maximum atomic E-state index is 11.8. The molecule has 5 heteroatoms. The van der Waals surface area contributed by atoms with Crippen molar-refractivity contribution in [1.82, 2.24) is 5.32 Å². The van der Waals surface area contributed by atoms with Crippen molar-refractivity contribution in [3.05, 3.63) is 35.9 Å². The van der Waals surface area contributed by atoms with Crippen LogP contribution >= 0.6 is 12.6 Å². The van der Waals surface area contributed by atoms with E-state index in [0.717, 1.165) is 12.0 Å². The third-order valence-electron chi connectivity index (χ3n) is 2.57. The van der Waals surface area contributed by atoms with Gasteiger partial charge in [0, 0.05) is 13.2 Å². The Morgan fingerprint density at radius 1 is 1.32 bits per heavy atom. The van der Waals surface area contributed by atoms with Gasteiger partial charge >= 0.3 is 0 Å². The molecule has 0 heterocycles. The topological polar surface area (TPSA) is 58.6 Å². The van der Waals surface area contributed by atoms with Crippen molar-refractivity contribution >= 4 is 18.5 Å². The van der Waals surface area contributed by atoms with Gasteiger partial charge in [-0.05, 0) is 18.4 Å². The van der Waals surface area contributed by atoms with Crippen LogP contribution in [-0.2, 0) is 16.0 Å². The van der Waals surface area contributed by atoms with Gasteiger partial charge in [0.25, 0.3) is 0 Å². The smallest absolute Gasteiger partial charge is 0.233 e. The third-order valence-corrected chi connectivity index (χ3v) is 2.99. The number of benzene rings is 1. The van der Waals surface area contributed by atoms with E-state index in [2.05, 4.69) is 17.9 Å². The van der Waals surface area contributed by atoms with Crippen LogP contribution in [0.15, 0.2) is 30.3 Å². The Bertz CT molecular complexity index is 359. The molecule has 0 aliphatic carbocycles. The summed E-state index contributed by atoms with van der Waals surface area (Å²) >= 11 is 4.32. The maximum Gasteiger partial charge on any atom is 0.233 e. The molecular formula is C14H21NO3S. The number of carbonyl (C=O) groups excluding carboxylic acids is 1. The first-order valence-corrected chi connectivity index (χ1v) is 6.94. The van der Waals surface area contributed by atoms with E-state index in [4.69, 9.17) is 9.84 Å². The van der Waals surface area contributed by atoms with E-state index in [-0.39, 0.29) is 17.8 Å². The molecule has 0 fully saturated rings. The van der Waals surface area contributed by atoms with E-state index in [0.29, 0.717) is 26.2 Å². The Labute approximate surface area is 119 Å². The van der Waals surface area contributed by atoms with Crippen LogP contribution in [0, 0.1) is 0 Å². The highest BCUT2D eigenvalue weighted by atomic mass is 32.1. The number of carbonyl (C=O) groups is 1. The summed E-state index contributed by atoms with van der Waals surface area (Å²) in [6, 6.07) is 9.82. The van der Waals surface area contributed by atoms with Crippen molar-refractivity contribution in [1.29, 1.82) is 0 Å². The number of amides is 1. The first-order valence-electron chi connectivity index (χ1n) is 6.42. The second-order valence-corrected chi connectivity index (χ2v) is 4.81. The van der Waals surface area contributed by atoms with E-state index in [9.17, 15) is 4.79 Å². The quantitative estimate of drug-likeness (QED) is 0.469. The van der Waals surface area contributed by atoms with Gasteiger partial charge in [-0.1, -0.05) is 30.3 Å². The summed E-state index contributed by atoms with van der Waals surface area (Å²) in [5.41, 5.74) is 1.10. The van der Waals surface area contributed by atoms with Crippen molar-refractivity contribution in [3.63, 3.8) is 0 Å². The van der Waals surface area contributed by atoms with Crippen molar-refractivity contribution in [2.24, 2.45) is 0 Å². The van der Waals surface area contributed by atoms with Crippen molar-refractivity contribution < 1.29 is 14.6 Å². The third kappa shape index (κ3) is 7.20. The van der Waals surface area contributed by atoms with Gasteiger partial charge in [-0.3, -0.25) is 4.79 Å². The molecule has 1 amide bonds. The van der Waals surface area contributed by atoms with Crippen LogP contribution in [0.5, 0.6) is 0 Å². The molecule has 1 atom stereocenters. The first kappa shape index (κ1) is 16.0. The standard InChI is InChI=1S/C14H21NO3S/c16-8-10-18-9-4-7-15-14(17)13(19)11-12-5-2-1-3-6-12/h1-3,5-6,13,16,19H,4,7-11H2,(H,15,17). The number of ether oxygens (including phenoxy) is 1. The Morgan fingerprint density at radius 2 is 2.05 bits per heavy atom. The van der Waals surface area contributed by atoms with E-state index in [1.54, 1.807) is 0 Å². The zero-order chi connectivity index (χ0) is 13.9. The van der Waals surface area contributed by atoms with Crippen LogP contribution in [0.25, 0.3) is 0 Å². The zero-order valence-corrected chi connectivity index (χ0v) is 11.8. The Morgan fingerprint density at radius 3 is 2.74 bits per heavy atom. The normalized spacial score (nSPS) is 12.1. The molecule has 0 aliphatic heterocycles. The molecule has 1 unspecified atom stereocenters. The van der Waals surface area contributed by atoms with Crippen molar-refractivity contribution in [2.45, 2.75) is 18.1 Å². The predicted molar refractivity (Wildman–Crippen MR) is 78.5 cm³/mol. The van der Waals surface area contributed by atoms with Gasteiger partial charge in [0.1, 0.15) is 0 Å². The van der Waals surface area contributed by atoms with Gasteiger partial charge in [-0.15, -0.1) is 0 Å². The molecule has 0 aliphatic rings. The lowest BCUT2D eigenvalue weighted by molar-refractivity contribution is -0.120. The van der Waals surface area contributed by atoms with Crippen LogP contribution in [0.4, 0.5) is 0 Å². The second kappa shape index (κ2) is 9.83. The summed E-state index contributed by atoms with van der Waals surface area (Å²) in [5, 5.41) is 11.0. The molecule has 0 bridgehead atoms. The summed E-state index contributed by atoms with van der Waals surface area (Å²) in [5.74, 6) is -0.0608. The minimum absolute atomic E-state index is 0.0299. The van der Waals surface area contributed by atoms with E-state index in [1.165, 1.54) is 0 Å². The average molecular weight is 283 g/mol. The van der Waals surface area contributed by atoms with Crippen LogP contribution in [0.3, 0.4) is 0 Å². The fourth-order valence-corrected chi connectivity index (χ4v) is 1.90. The lowest BCUT2D eigenvalue weighted by Gasteiger charge is -2.11. The summed E-state index contributed by atoms with van der Waals surface area (Å²) < 4.78 is 5.10. The van der Waals surface area contributed by atoms with E-state index in [1.807, 2.05) is 30.3 Å². The molecule has 0 saturated carbocycles. The van der Waals surface area contributed by atoms with Gasteiger partial charge in [-0.25, -0.2) is 0 Å². The molecule has 1 aromatic rings. The molecule has 2 N–H and O–H groups in total. The average Bonchev–Trinajstić information content (AvgIpc) is 2.43. The minimum atomic E-state index is -0.333. The molecule has 4 nitrogen and oxygen atoms in total. The van der Waals surface area contributed by atoms with Gasteiger partial charge in [0.15, 0.2) is 0 Å². The number of hydrogen-bond donors (Lipinski definition) is 3. The van der Waals surface area contributed by atoms with Gasteiger partial charge in [0.05, 0.1) is 18.5 Å². The fraction of sp³-hybridized carbons (Fsp3) is 0.500. The molecule has 0 saturated heterocycles. The molecule has 0 aromatic heterocycles. The molecule has 106 valence electrons. The highest BCUT2D eigenvalue weighted by molar-refractivity contribution is 7.81. The molecule has 0 spiro atoms. The molecule has 1 rings (SSSR count). The SMILES string of the molecule is O=C(NCCCOCCO)C(S)Cc1ccccc1. The predicted octanol–water partition coefficient (Wildman–Crippen LogP) is 1.04. The maximum absolute atomic E-state index is 11.8. The summed E-state index contributed by atoms with van der Waals surface area (Å²) in [7, 11) is 0. The van der Waals surface area contributed by atoms with Crippen LogP contribution in [-0.4, -0.2) is 42.6 Å². The summed E-state index contributed by atoms with van der Waals surface area (Å²) in [4.78, 5) is 11.8. The van der Waals surface area contributed by atoms with Gasteiger partial charge in [0.2, 0.25) is 5.91 Å². The van der Waals surface area contributed by atoms with E-state index < -0.39 is 0 Å². The lowest BCUT2D eigenvalue weighted by Crippen LogP contribution is -2.33. The second-order valence-electron chi connectivity index (χ2n) is 4.19. The molecule has 0 radical (unpaired) electrons. The first-order chi connectivity index (χ1) is 9.24. The molecule has 1 aromatic carbocycles. The lowest BCUT2D eigenvalue weighted by atomic mass is 10.1. The summed E-state index contributed by atoms with van der Waals surface area (Å²) in [6.45, 7) is 1.48. The number of nitrogens with one attached hydrogen (secondary N) is 1. The molecular weight excluding hydrogens is 262 g/mol. The largest absolute Gasteiger partial charge is 0.394 e. The van der Waals surface area contributed by atoms with Crippen molar-refractivity contribution in [2.75, 3.05) is 26.4 Å². The number of aliphatic hydroxyl groups excluding tert-OH is 1. The number of thiol groups is 1. The van der Waals surface area contributed by atoms with Crippen LogP contribution in [0.1, 0.15) is 12.0 Å². The number of rotatable bonds is 9. The highest BCUT2D eigenvalue weighted by Crippen LogP contribution is 2.07. The van der Waals surface area contributed by atoms with Gasteiger partial charge in [-0.2, -0.15) is 12.6 Å². The number of aliphatic hydroxyl groups is 1.